The van der Waals surface area contributed by atoms with Gasteiger partial charge in [0.25, 0.3) is 0 Å². The molecule has 28 heavy (non-hydrogen) atoms. The van der Waals surface area contributed by atoms with Crippen molar-refractivity contribution in [2.75, 3.05) is 31.2 Å². The molecule has 1 fully saturated rings. The smallest absolute Gasteiger partial charge is 0.232 e. The van der Waals surface area contributed by atoms with E-state index in [0.29, 0.717) is 35.1 Å². The summed E-state index contributed by atoms with van der Waals surface area (Å²) in [7, 11) is 1.62. The van der Waals surface area contributed by atoms with E-state index in [0.717, 1.165) is 23.1 Å². The number of thiocarbonyl (C=S) groups is 1. The van der Waals surface area contributed by atoms with Crippen LogP contribution in [0.1, 0.15) is 26.1 Å². The lowest BCUT2D eigenvalue weighted by molar-refractivity contribution is 0.219. The van der Waals surface area contributed by atoms with Crippen LogP contribution in [-0.2, 0) is 5.75 Å². The van der Waals surface area contributed by atoms with Gasteiger partial charge in [0.1, 0.15) is 15.9 Å². The first-order valence-corrected chi connectivity index (χ1v) is 10.7. The first kappa shape index (κ1) is 20.6. The number of rotatable bonds is 5. The van der Waals surface area contributed by atoms with Crippen molar-refractivity contribution in [3.63, 3.8) is 0 Å². The van der Waals surface area contributed by atoms with Gasteiger partial charge in [0.15, 0.2) is 0 Å². The molecule has 0 aliphatic carbocycles. The van der Waals surface area contributed by atoms with Gasteiger partial charge in [0, 0.05) is 13.1 Å². The fraction of sp³-hybridized carbons (Fsp3) is 0.474. The van der Waals surface area contributed by atoms with Gasteiger partial charge < -0.3 is 20.7 Å². The summed E-state index contributed by atoms with van der Waals surface area (Å²) in [5.41, 5.74) is 6.65. The summed E-state index contributed by atoms with van der Waals surface area (Å²) in [6, 6.07) is 7.56. The van der Waals surface area contributed by atoms with E-state index in [1.54, 1.807) is 18.9 Å². The normalized spacial score (nSPS) is 19.3. The van der Waals surface area contributed by atoms with Crippen LogP contribution in [0, 0.1) is 11.8 Å². The lowest BCUT2D eigenvalue weighted by Gasteiger charge is -2.36. The predicted molar refractivity (Wildman–Crippen MR) is 119 cm³/mol. The van der Waals surface area contributed by atoms with E-state index in [9.17, 15) is 0 Å². The highest BCUT2D eigenvalue weighted by atomic mass is 32.2. The fourth-order valence-electron chi connectivity index (χ4n) is 3.46. The number of nitrogens with zero attached hydrogens (tertiary/aromatic N) is 4. The minimum Gasteiger partial charge on any atom is -0.495 e. The molecule has 2 atom stereocenters. The predicted octanol–water partition coefficient (Wildman–Crippen LogP) is 3.70. The van der Waals surface area contributed by atoms with Gasteiger partial charge in [-0.3, -0.25) is 0 Å². The summed E-state index contributed by atoms with van der Waals surface area (Å²) in [6.07, 6.45) is 1.26. The Morgan fingerprint density at radius 3 is 2.68 bits per heavy atom. The molecule has 0 amide bonds. The number of hydrogen-bond acceptors (Lipinski definition) is 8. The fourth-order valence-corrected chi connectivity index (χ4v) is 4.50. The minimum absolute atomic E-state index is 0.175. The van der Waals surface area contributed by atoms with E-state index < -0.39 is 0 Å². The van der Waals surface area contributed by atoms with E-state index >= 15 is 0 Å². The summed E-state index contributed by atoms with van der Waals surface area (Å²) in [6.45, 7) is 6.57. The summed E-state index contributed by atoms with van der Waals surface area (Å²) in [5.74, 6) is 3.72. The van der Waals surface area contributed by atoms with E-state index in [4.69, 9.17) is 22.7 Å². The summed E-state index contributed by atoms with van der Waals surface area (Å²) in [5, 5.41) is 3.15. The highest BCUT2D eigenvalue weighted by molar-refractivity contribution is 8.22. The molecule has 0 saturated carbocycles. The largest absolute Gasteiger partial charge is 0.495 e. The Bertz CT molecular complexity index is 824. The average Bonchev–Trinajstić information content (AvgIpc) is 2.65. The Labute approximate surface area is 175 Å². The van der Waals surface area contributed by atoms with Crippen LogP contribution >= 0.6 is 24.0 Å². The van der Waals surface area contributed by atoms with Gasteiger partial charge in [-0.05, 0) is 30.4 Å². The number of nitrogens with two attached hydrogens (primary N) is 1. The van der Waals surface area contributed by atoms with Crippen LogP contribution in [0.3, 0.4) is 0 Å². The molecule has 1 saturated heterocycles. The maximum absolute atomic E-state index is 5.88. The topological polar surface area (TPSA) is 89.2 Å². The third-order valence-electron chi connectivity index (χ3n) is 4.50. The molecular formula is C19H26N6OS2. The van der Waals surface area contributed by atoms with Gasteiger partial charge in [0.2, 0.25) is 11.9 Å². The molecule has 0 spiro atoms. The van der Waals surface area contributed by atoms with E-state index in [-0.39, 0.29) is 5.95 Å². The standard InChI is InChI=1S/C19H26N6OS2/c1-12-8-13(2)10-25(9-12)19(27)28-11-16-22-17(20)24-18(23-16)21-14-6-4-5-7-15(14)26-3/h4-7,12-13H,8-11H2,1-3H3,(H3,20,21,22,23,24)/t12-,13+. The molecule has 2 heterocycles. The Hall–Kier alpha value is -2.13. The van der Waals surface area contributed by atoms with Crippen molar-refractivity contribution in [1.29, 1.82) is 0 Å². The lowest BCUT2D eigenvalue weighted by Crippen LogP contribution is -2.40. The first-order chi connectivity index (χ1) is 13.4. The van der Waals surface area contributed by atoms with Crippen molar-refractivity contribution in [3.8, 4) is 5.75 Å². The van der Waals surface area contributed by atoms with Crippen molar-refractivity contribution in [2.45, 2.75) is 26.0 Å². The van der Waals surface area contributed by atoms with Crippen LogP contribution in [-0.4, -0.2) is 44.4 Å². The number of likely N-dealkylation sites (tertiary alicyclic amines) is 1. The highest BCUT2D eigenvalue weighted by Crippen LogP contribution is 2.27. The summed E-state index contributed by atoms with van der Waals surface area (Å²) < 4.78 is 6.24. The number of hydrogen-bond donors (Lipinski definition) is 2. The number of piperidine rings is 1. The van der Waals surface area contributed by atoms with Crippen molar-refractivity contribution < 1.29 is 4.74 Å². The molecule has 0 bridgehead atoms. The Morgan fingerprint density at radius 1 is 1.25 bits per heavy atom. The van der Waals surface area contributed by atoms with Crippen LogP contribution in [0.2, 0.25) is 0 Å². The molecule has 0 radical (unpaired) electrons. The molecule has 9 heteroatoms. The number of anilines is 3. The van der Waals surface area contributed by atoms with Gasteiger partial charge in [-0.25, -0.2) is 0 Å². The first-order valence-electron chi connectivity index (χ1n) is 9.26. The molecule has 1 aromatic heterocycles. The molecule has 0 unspecified atom stereocenters. The molecule has 1 aromatic carbocycles. The second kappa shape index (κ2) is 9.38. The van der Waals surface area contributed by atoms with Crippen molar-refractivity contribution >= 4 is 45.9 Å². The van der Waals surface area contributed by atoms with Crippen LogP contribution in [0.4, 0.5) is 17.6 Å². The van der Waals surface area contributed by atoms with Crippen LogP contribution in [0.5, 0.6) is 5.75 Å². The van der Waals surface area contributed by atoms with E-state index in [1.807, 2.05) is 24.3 Å². The molecule has 3 N–H and O–H groups in total. The quantitative estimate of drug-likeness (QED) is 0.705. The second-order valence-corrected chi connectivity index (χ2v) is 8.77. The number of aromatic nitrogens is 3. The van der Waals surface area contributed by atoms with E-state index in [1.165, 1.54) is 6.42 Å². The number of thioether (sulfide) groups is 1. The van der Waals surface area contributed by atoms with Crippen molar-refractivity contribution in [1.82, 2.24) is 19.9 Å². The molecule has 1 aliphatic heterocycles. The van der Waals surface area contributed by atoms with Gasteiger partial charge in [-0.2, -0.15) is 15.0 Å². The van der Waals surface area contributed by atoms with Crippen LogP contribution < -0.4 is 15.8 Å². The number of para-hydroxylation sites is 2. The Morgan fingerprint density at radius 2 is 1.96 bits per heavy atom. The van der Waals surface area contributed by atoms with Gasteiger partial charge in [-0.1, -0.05) is 50.0 Å². The zero-order valence-corrected chi connectivity index (χ0v) is 18.0. The molecule has 3 rings (SSSR count). The zero-order chi connectivity index (χ0) is 20.1. The maximum atomic E-state index is 5.88. The number of benzene rings is 1. The summed E-state index contributed by atoms with van der Waals surface area (Å²) >= 11 is 7.20. The van der Waals surface area contributed by atoms with Crippen LogP contribution in [0.15, 0.2) is 24.3 Å². The Balaban J connectivity index is 1.65. The van der Waals surface area contributed by atoms with Crippen LogP contribution in [0.25, 0.3) is 0 Å². The maximum Gasteiger partial charge on any atom is 0.232 e. The molecule has 150 valence electrons. The molecular weight excluding hydrogens is 392 g/mol. The monoisotopic (exact) mass is 418 g/mol. The van der Waals surface area contributed by atoms with Crippen molar-refractivity contribution in [3.05, 3.63) is 30.1 Å². The molecule has 7 nitrogen and oxygen atoms in total. The third-order valence-corrected chi connectivity index (χ3v) is 6.02. The van der Waals surface area contributed by atoms with Gasteiger partial charge in [-0.15, -0.1) is 0 Å². The number of ether oxygens (including phenoxy) is 1. The second-order valence-electron chi connectivity index (χ2n) is 7.16. The van der Waals surface area contributed by atoms with E-state index in [2.05, 4.69) is 39.0 Å². The van der Waals surface area contributed by atoms with Gasteiger partial charge >= 0.3 is 0 Å². The molecule has 1 aliphatic rings. The average molecular weight is 419 g/mol. The summed E-state index contributed by atoms with van der Waals surface area (Å²) in [4.78, 5) is 15.2. The number of nitrogen functional groups attached to an aromatic ring is 1. The zero-order valence-electron chi connectivity index (χ0n) is 16.4. The SMILES string of the molecule is COc1ccccc1Nc1nc(N)nc(CSC(=S)N2C[C@H](C)C[C@H](C)C2)n1. The van der Waals surface area contributed by atoms with Crippen molar-refractivity contribution in [2.24, 2.45) is 11.8 Å². The minimum atomic E-state index is 0.175. The van der Waals surface area contributed by atoms with Gasteiger partial charge in [0.05, 0.1) is 18.6 Å². The highest BCUT2D eigenvalue weighted by Gasteiger charge is 2.23. The molecule has 2 aromatic rings. The lowest BCUT2D eigenvalue weighted by atomic mass is 9.92. The Kier molecular flexibility index (Phi) is 6.90. The number of methoxy groups -OCH3 is 1. The third kappa shape index (κ3) is 5.45. The number of nitrogens with one attached hydrogen (secondary N) is 1.